The van der Waals surface area contributed by atoms with Crippen LogP contribution in [0, 0.1) is 0 Å². The molecule has 0 bridgehead atoms. The predicted molar refractivity (Wildman–Crippen MR) is 79.3 cm³/mol. The Morgan fingerprint density at radius 3 is 2.80 bits per heavy atom. The van der Waals surface area contributed by atoms with E-state index in [0.29, 0.717) is 13.0 Å². The highest BCUT2D eigenvalue weighted by molar-refractivity contribution is 7.91. The molecule has 0 saturated heterocycles. The van der Waals surface area contributed by atoms with Crippen molar-refractivity contribution in [2.45, 2.75) is 37.0 Å². The van der Waals surface area contributed by atoms with E-state index in [-0.39, 0.29) is 12.0 Å². The van der Waals surface area contributed by atoms with Crippen LogP contribution in [0.15, 0.2) is 24.3 Å². The van der Waals surface area contributed by atoms with Crippen molar-refractivity contribution in [2.24, 2.45) is 5.84 Å². The molecular formula is C14H22N2O3S. The third kappa shape index (κ3) is 3.31. The molecule has 0 radical (unpaired) electrons. The summed E-state index contributed by atoms with van der Waals surface area (Å²) in [5.41, 5.74) is 3.81. The van der Waals surface area contributed by atoms with Crippen LogP contribution in [0.2, 0.25) is 0 Å². The van der Waals surface area contributed by atoms with Crippen LogP contribution in [0.1, 0.15) is 31.2 Å². The standard InChI is InChI=1S/C14H22N2O3S/c1-10(20(2,17)18)13(16-15)9-11-7-8-19-14-6-4-3-5-12(11)14/h3-6,10-11,13,16H,7-9,15H2,1-2H3. The van der Waals surface area contributed by atoms with Crippen molar-refractivity contribution in [1.82, 2.24) is 5.43 Å². The summed E-state index contributed by atoms with van der Waals surface area (Å²) in [5.74, 6) is 6.73. The average Bonchev–Trinajstić information content (AvgIpc) is 2.43. The van der Waals surface area contributed by atoms with Gasteiger partial charge in [0, 0.05) is 12.3 Å². The second-order valence-corrected chi connectivity index (χ2v) is 7.82. The van der Waals surface area contributed by atoms with Crippen LogP contribution in [0.4, 0.5) is 0 Å². The number of nitrogens with one attached hydrogen (secondary N) is 1. The number of fused-ring (bicyclic) bond motifs is 1. The third-order valence-electron chi connectivity index (χ3n) is 4.08. The van der Waals surface area contributed by atoms with Gasteiger partial charge in [-0.1, -0.05) is 18.2 Å². The fourth-order valence-electron chi connectivity index (χ4n) is 2.66. The maximum Gasteiger partial charge on any atom is 0.151 e. The zero-order chi connectivity index (χ0) is 14.8. The molecule has 1 heterocycles. The smallest absolute Gasteiger partial charge is 0.151 e. The molecule has 6 heteroatoms. The van der Waals surface area contributed by atoms with Gasteiger partial charge in [0.25, 0.3) is 0 Å². The highest BCUT2D eigenvalue weighted by Gasteiger charge is 2.30. The van der Waals surface area contributed by atoms with E-state index in [1.807, 2.05) is 24.3 Å². The largest absolute Gasteiger partial charge is 0.493 e. The van der Waals surface area contributed by atoms with E-state index in [4.69, 9.17) is 10.6 Å². The van der Waals surface area contributed by atoms with Gasteiger partial charge in [0.1, 0.15) is 5.75 Å². The van der Waals surface area contributed by atoms with Crippen molar-refractivity contribution < 1.29 is 13.2 Å². The van der Waals surface area contributed by atoms with E-state index in [9.17, 15) is 8.42 Å². The van der Waals surface area contributed by atoms with Crippen molar-refractivity contribution in [1.29, 1.82) is 0 Å². The average molecular weight is 298 g/mol. The molecule has 0 fully saturated rings. The van der Waals surface area contributed by atoms with E-state index in [1.54, 1.807) is 6.92 Å². The monoisotopic (exact) mass is 298 g/mol. The van der Waals surface area contributed by atoms with Gasteiger partial charge in [-0.2, -0.15) is 0 Å². The summed E-state index contributed by atoms with van der Waals surface area (Å²) in [7, 11) is -3.12. The molecule has 20 heavy (non-hydrogen) atoms. The number of ether oxygens (including phenoxy) is 1. The minimum absolute atomic E-state index is 0.263. The molecule has 0 spiro atoms. The van der Waals surface area contributed by atoms with E-state index in [0.717, 1.165) is 17.7 Å². The number of hydrogen-bond acceptors (Lipinski definition) is 5. The van der Waals surface area contributed by atoms with Crippen LogP contribution in [-0.4, -0.2) is 32.6 Å². The second-order valence-electron chi connectivity index (χ2n) is 5.42. The first-order chi connectivity index (χ1) is 9.43. The summed E-state index contributed by atoms with van der Waals surface area (Å²) in [5, 5.41) is -0.512. The fraction of sp³-hybridized carbons (Fsp3) is 0.571. The predicted octanol–water partition coefficient (Wildman–Crippen LogP) is 1.21. The van der Waals surface area contributed by atoms with Gasteiger partial charge >= 0.3 is 0 Å². The molecule has 1 aliphatic heterocycles. The number of hydrogen-bond donors (Lipinski definition) is 2. The van der Waals surface area contributed by atoms with Crippen LogP contribution in [0.25, 0.3) is 0 Å². The molecular weight excluding hydrogens is 276 g/mol. The van der Waals surface area contributed by atoms with Crippen LogP contribution >= 0.6 is 0 Å². The molecule has 1 aromatic carbocycles. The Kier molecular flexibility index (Phi) is 4.67. The minimum atomic E-state index is -3.12. The summed E-state index contributed by atoms with van der Waals surface area (Å²) in [6.45, 7) is 2.36. The summed E-state index contributed by atoms with van der Waals surface area (Å²) < 4.78 is 29.0. The zero-order valence-corrected chi connectivity index (χ0v) is 12.7. The van der Waals surface area contributed by atoms with E-state index < -0.39 is 15.1 Å². The first-order valence-electron chi connectivity index (χ1n) is 6.80. The van der Waals surface area contributed by atoms with Crippen molar-refractivity contribution in [3.05, 3.63) is 29.8 Å². The van der Waals surface area contributed by atoms with Crippen LogP contribution in [0.3, 0.4) is 0 Å². The van der Waals surface area contributed by atoms with Crippen molar-refractivity contribution in [3.8, 4) is 5.75 Å². The molecule has 1 aliphatic rings. The van der Waals surface area contributed by atoms with Crippen LogP contribution < -0.4 is 16.0 Å². The molecule has 0 aliphatic carbocycles. The molecule has 3 N–H and O–H groups in total. The molecule has 5 nitrogen and oxygen atoms in total. The van der Waals surface area contributed by atoms with Gasteiger partial charge in [-0.05, 0) is 37.3 Å². The number of para-hydroxylation sites is 1. The Balaban J connectivity index is 2.17. The summed E-state index contributed by atoms with van der Waals surface area (Å²) in [6.07, 6.45) is 2.82. The Bertz CT molecular complexity index is 559. The zero-order valence-electron chi connectivity index (χ0n) is 11.9. The minimum Gasteiger partial charge on any atom is -0.493 e. The van der Waals surface area contributed by atoms with E-state index in [1.165, 1.54) is 6.26 Å². The SMILES string of the molecule is CC(C(CC1CCOc2ccccc21)NN)S(C)(=O)=O. The number of rotatable bonds is 5. The Morgan fingerprint density at radius 1 is 1.45 bits per heavy atom. The molecule has 0 aromatic heterocycles. The van der Waals surface area contributed by atoms with Gasteiger partial charge in [0.2, 0.25) is 0 Å². The van der Waals surface area contributed by atoms with Gasteiger partial charge in [0.15, 0.2) is 9.84 Å². The maximum absolute atomic E-state index is 11.7. The van der Waals surface area contributed by atoms with Gasteiger partial charge in [0.05, 0.1) is 11.9 Å². The molecule has 3 unspecified atom stereocenters. The van der Waals surface area contributed by atoms with Crippen molar-refractivity contribution >= 4 is 9.84 Å². The topological polar surface area (TPSA) is 81.4 Å². The molecule has 0 amide bonds. The maximum atomic E-state index is 11.7. The second kappa shape index (κ2) is 6.11. The number of sulfone groups is 1. The Labute approximate surface area is 120 Å². The lowest BCUT2D eigenvalue weighted by Crippen LogP contribution is -2.46. The molecule has 112 valence electrons. The van der Waals surface area contributed by atoms with Gasteiger partial charge in [-0.3, -0.25) is 11.3 Å². The summed E-state index contributed by atoms with van der Waals surface area (Å²) in [6, 6.07) is 7.65. The van der Waals surface area contributed by atoms with Crippen LogP contribution in [-0.2, 0) is 9.84 Å². The first-order valence-corrected chi connectivity index (χ1v) is 8.75. The van der Waals surface area contributed by atoms with Gasteiger partial charge in [-0.25, -0.2) is 8.42 Å². The number of benzene rings is 1. The molecule has 1 aromatic rings. The van der Waals surface area contributed by atoms with Gasteiger partial charge < -0.3 is 4.74 Å². The molecule has 3 atom stereocenters. The number of hydrazine groups is 1. The lowest BCUT2D eigenvalue weighted by molar-refractivity contribution is 0.254. The lowest BCUT2D eigenvalue weighted by Gasteiger charge is -2.30. The highest BCUT2D eigenvalue weighted by Crippen LogP contribution is 2.36. The summed E-state index contributed by atoms with van der Waals surface area (Å²) >= 11 is 0. The fourth-order valence-corrected chi connectivity index (χ4v) is 3.45. The lowest BCUT2D eigenvalue weighted by atomic mass is 9.87. The first kappa shape index (κ1) is 15.3. The molecule has 0 saturated carbocycles. The van der Waals surface area contributed by atoms with Gasteiger partial charge in [-0.15, -0.1) is 0 Å². The van der Waals surface area contributed by atoms with E-state index >= 15 is 0 Å². The van der Waals surface area contributed by atoms with Crippen molar-refractivity contribution in [3.63, 3.8) is 0 Å². The Morgan fingerprint density at radius 2 is 2.15 bits per heavy atom. The van der Waals surface area contributed by atoms with Crippen LogP contribution in [0.5, 0.6) is 5.75 Å². The summed E-state index contributed by atoms with van der Waals surface area (Å²) in [4.78, 5) is 0. The number of nitrogens with two attached hydrogens (primary N) is 1. The van der Waals surface area contributed by atoms with Crippen molar-refractivity contribution in [2.75, 3.05) is 12.9 Å². The third-order valence-corrected chi connectivity index (χ3v) is 5.76. The quantitative estimate of drug-likeness (QED) is 0.631. The Hall–Kier alpha value is -1.11. The molecule has 2 rings (SSSR count). The van der Waals surface area contributed by atoms with E-state index in [2.05, 4.69) is 5.43 Å². The highest BCUT2D eigenvalue weighted by atomic mass is 32.2. The normalized spacial score (nSPS) is 21.6.